The van der Waals surface area contributed by atoms with E-state index in [0.717, 1.165) is 18.5 Å². The molecule has 1 aromatic rings. The van der Waals surface area contributed by atoms with Crippen molar-refractivity contribution < 1.29 is 5.11 Å². The van der Waals surface area contributed by atoms with Crippen molar-refractivity contribution in [1.82, 2.24) is 9.78 Å². The molecule has 0 aliphatic rings. The van der Waals surface area contributed by atoms with Crippen molar-refractivity contribution >= 4 is 0 Å². The van der Waals surface area contributed by atoms with E-state index in [2.05, 4.69) is 31.9 Å². The van der Waals surface area contributed by atoms with Crippen molar-refractivity contribution in [2.24, 2.45) is 12.5 Å². The van der Waals surface area contributed by atoms with E-state index in [1.165, 1.54) is 5.69 Å². The first-order valence-electron chi connectivity index (χ1n) is 5.11. The molecule has 3 heteroatoms. The summed E-state index contributed by atoms with van der Waals surface area (Å²) in [6, 6.07) is 2.12. The highest BCUT2D eigenvalue weighted by Gasteiger charge is 2.19. The first-order valence-corrected chi connectivity index (χ1v) is 5.11. The average molecular weight is 196 g/mol. The Morgan fingerprint density at radius 3 is 2.57 bits per heavy atom. The predicted molar refractivity (Wildman–Crippen MR) is 57.2 cm³/mol. The lowest BCUT2D eigenvalue weighted by molar-refractivity contribution is 0.157. The summed E-state index contributed by atoms with van der Waals surface area (Å²) >= 11 is 0. The van der Waals surface area contributed by atoms with Gasteiger partial charge >= 0.3 is 0 Å². The molecule has 1 N–H and O–H groups in total. The Bertz CT molecular complexity index is 302. The number of aliphatic hydroxyl groups excluding tert-OH is 1. The van der Waals surface area contributed by atoms with Gasteiger partial charge in [-0.2, -0.15) is 5.10 Å². The molecule has 0 saturated carbocycles. The Morgan fingerprint density at radius 1 is 1.50 bits per heavy atom. The highest BCUT2D eigenvalue weighted by molar-refractivity contribution is 5.11. The first-order chi connectivity index (χ1) is 6.48. The molecule has 0 aliphatic heterocycles. The van der Waals surface area contributed by atoms with Crippen LogP contribution in [-0.4, -0.2) is 21.5 Å². The van der Waals surface area contributed by atoms with Crippen LogP contribution in [0.5, 0.6) is 0 Å². The summed E-state index contributed by atoms with van der Waals surface area (Å²) in [5.41, 5.74) is 2.26. The van der Waals surface area contributed by atoms with Crippen LogP contribution in [0.2, 0.25) is 0 Å². The Hall–Kier alpha value is -0.830. The molecule has 14 heavy (non-hydrogen) atoms. The average Bonchev–Trinajstić information content (AvgIpc) is 2.47. The largest absolute Gasteiger partial charge is 0.396 e. The fraction of sp³-hybridized carbons (Fsp3) is 0.727. The Labute approximate surface area is 85.8 Å². The lowest BCUT2D eigenvalue weighted by Gasteiger charge is -2.20. The standard InChI is InChI=1S/C11H20N2O/c1-5-9-6-10(13(4)12-9)7-11(2,3)8-14/h6,14H,5,7-8H2,1-4H3. The molecule has 0 aromatic carbocycles. The number of aryl methyl sites for hydroxylation is 2. The van der Waals surface area contributed by atoms with Crippen molar-refractivity contribution in [1.29, 1.82) is 0 Å². The molecule has 0 aliphatic carbocycles. The predicted octanol–water partition coefficient (Wildman–Crippen LogP) is 1.54. The minimum absolute atomic E-state index is 0.0567. The summed E-state index contributed by atoms with van der Waals surface area (Å²) in [6.07, 6.45) is 1.83. The lowest BCUT2D eigenvalue weighted by Crippen LogP contribution is -2.21. The highest BCUT2D eigenvalue weighted by Crippen LogP contribution is 2.21. The van der Waals surface area contributed by atoms with Crippen LogP contribution in [0.3, 0.4) is 0 Å². The van der Waals surface area contributed by atoms with Crippen LogP contribution in [0.1, 0.15) is 32.2 Å². The summed E-state index contributed by atoms with van der Waals surface area (Å²) in [5.74, 6) is 0. The second kappa shape index (κ2) is 4.13. The van der Waals surface area contributed by atoms with E-state index < -0.39 is 0 Å². The number of rotatable bonds is 4. The third-order valence-electron chi connectivity index (χ3n) is 2.48. The van der Waals surface area contributed by atoms with Gasteiger partial charge in [-0.3, -0.25) is 4.68 Å². The van der Waals surface area contributed by atoms with E-state index in [4.69, 9.17) is 0 Å². The quantitative estimate of drug-likeness (QED) is 0.793. The maximum atomic E-state index is 9.18. The van der Waals surface area contributed by atoms with Gasteiger partial charge in [-0.1, -0.05) is 20.8 Å². The zero-order valence-corrected chi connectivity index (χ0v) is 9.54. The SMILES string of the molecule is CCc1cc(CC(C)(C)CO)n(C)n1. The van der Waals surface area contributed by atoms with Crippen molar-refractivity contribution in [2.75, 3.05) is 6.61 Å². The highest BCUT2D eigenvalue weighted by atomic mass is 16.3. The van der Waals surface area contributed by atoms with Gasteiger partial charge in [0.1, 0.15) is 0 Å². The van der Waals surface area contributed by atoms with E-state index in [-0.39, 0.29) is 12.0 Å². The fourth-order valence-electron chi connectivity index (χ4n) is 1.46. The molecule has 0 radical (unpaired) electrons. The monoisotopic (exact) mass is 196 g/mol. The molecule has 1 heterocycles. The molecular weight excluding hydrogens is 176 g/mol. The van der Waals surface area contributed by atoms with Gasteiger partial charge in [-0.05, 0) is 24.3 Å². The number of hydrogen-bond acceptors (Lipinski definition) is 2. The van der Waals surface area contributed by atoms with Gasteiger partial charge in [0, 0.05) is 19.3 Å². The molecule has 0 spiro atoms. The van der Waals surface area contributed by atoms with E-state index >= 15 is 0 Å². The minimum atomic E-state index is -0.0567. The molecule has 3 nitrogen and oxygen atoms in total. The van der Waals surface area contributed by atoms with Gasteiger partial charge < -0.3 is 5.11 Å². The number of hydrogen-bond donors (Lipinski definition) is 1. The van der Waals surface area contributed by atoms with Gasteiger partial charge in [-0.25, -0.2) is 0 Å². The van der Waals surface area contributed by atoms with Crippen LogP contribution in [-0.2, 0) is 19.9 Å². The summed E-state index contributed by atoms with van der Waals surface area (Å²) in [6.45, 7) is 6.43. The molecule has 0 fully saturated rings. The van der Waals surface area contributed by atoms with Crippen LogP contribution in [0.4, 0.5) is 0 Å². The van der Waals surface area contributed by atoms with Crippen molar-refractivity contribution in [3.63, 3.8) is 0 Å². The molecule has 0 atom stereocenters. The molecule has 0 saturated heterocycles. The second-order valence-corrected chi connectivity index (χ2v) is 4.60. The third-order valence-corrected chi connectivity index (χ3v) is 2.48. The molecular formula is C11H20N2O. The van der Waals surface area contributed by atoms with Gasteiger partial charge in [0.05, 0.1) is 5.69 Å². The molecule has 0 unspecified atom stereocenters. The lowest BCUT2D eigenvalue weighted by atomic mass is 9.89. The second-order valence-electron chi connectivity index (χ2n) is 4.60. The van der Waals surface area contributed by atoms with E-state index in [0.29, 0.717) is 0 Å². The normalized spacial score (nSPS) is 12.1. The van der Waals surface area contributed by atoms with Crippen molar-refractivity contribution in [2.45, 2.75) is 33.6 Å². The summed E-state index contributed by atoms with van der Waals surface area (Å²) in [7, 11) is 1.96. The van der Waals surface area contributed by atoms with Crippen LogP contribution in [0.25, 0.3) is 0 Å². The van der Waals surface area contributed by atoms with Gasteiger partial charge in [0.2, 0.25) is 0 Å². The maximum absolute atomic E-state index is 9.18. The van der Waals surface area contributed by atoms with Gasteiger partial charge in [0.25, 0.3) is 0 Å². The molecule has 0 bridgehead atoms. The third kappa shape index (κ3) is 2.58. The Kier molecular flexibility index (Phi) is 3.32. The molecule has 1 rings (SSSR count). The fourth-order valence-corrected chi connectivity index (χ4v) is 1.46. The van der Waals surface area contributed by atoms with Crippen LogP contribution >= 0.6 is 0 Å². The Morgan fingerprint density at radius 2 is 2.14 bits per heavy atom. The minimum Gasteiger partial charge on any atom is -0.396 e. The van der Waals surface area contributed by atoms with Crippen LogP contribution in [0.15, 0.2) is 6.07 Å². The smallest absolute Gasteiger partial charge is 0.0624 e. The van der Waals surface area contributed by atoms with Crippen molar-refractivity contribution in [3.8, 4) is 0 Å². The number of aromatic nitrogens is 2. The summed E-state index contributed by atoms with van der Waals surface area (Å²) in [5, 5.41) is 13.6. The van der Waals surface area contributed by atoms with Crippen molar-refractivity contribution in [3.05, 3.63) is 17.5 Å². The zero-order valence-electron chi connectivity index (χ0n) is 9.54. The molecule has 1 aromatic heterocycles. The summed E-state index contributed by atoms with van der Waals surface area (Å²) < 4.78 is 1.91. The Balaban J connectivity index is 2.81. The van der Waals surface area contributed by atoms with E-state index in [1.54, 1.807) is 0 Å². The van der Waals surface area contributed by atoms with Gasteiger partial charge in [0.15, 0.2) is 0 Å². The molecule has 0 amide bonds. The van der Waals surface area contributed by atoms with E-state index in [9.17, 15) is 5.11 Å². The first kappa shape index (κ1) is 11.2. The maximum Gasteiger partial charge on any atom is 0.0624 e. The number of aliphatic hydroxyl groups is 1. The van der Waals surface area contributed by atoms with E-state index in [1.807, 2.05) is 11.7 Å². The van der Waals surface area contributed by atoms with Crippen LogP contribution in [0, 0.1) is 5.41 Å². The topological polar surface area (TPSA) is 38.0 Å². The number of nitrogens with zero attached hydrogens (tertiary/aromatic N) is 2. The zero-order chi connectivity index (χ0) is 10.8. The summed E-state index contributed by atoms with van der Waals surface area (Å²) in [4.78, 5) is 0. The van der Waals surface area contributed by atoms with Crippen LogP contribution < -0.4 is 0 Å². The molecule has 80 valence electrons. The van der Waals surface area contributed by atoms with Gasteiger partial charge in [-0.15, -0.1) is 0 Å².